The van der Waals surface area contributed by atoms with Crippen molar-refractivity contribution in [2.24, 2.45) is 0 Å². The summed E-state index contributed by atoms with van der Waals surface area (Å²) in [5, 5.41) is 3.13. The third kappa shape index (κ3) is 4.28. The van der Waals surface area contributed by atoms with Gasteiger partial charge in [-0.25, -0.2) is 0 Å². The van der Waals surface area contributed by atoms with Gasteiger partial charge >= 0.3 is 0 Å². The van der Waals surface area contributed by atoms with Gasteiger partial charge in [0.25, 0.3) is 0 Å². The van der Waals surface area contributed by atoms with Crippen molar-refractivity contribution in [1.82, 2.24) is 10.2 Å². The van der Waals surface area contributed by atoms with Gasteiger partial charge in [0.15, 0.2) is 0 Å². The van der Waals surface area contributed by atoms with Gasteiger partial charge in [-0.3, -0.25) is 9.69 Å². The average Bonchev–Trinajstić information content (AvgIpc) is 3.11. The minimum absolute atomic E-state index is 0.0450. The van der Waals surface area contributed by atoms with Gasteiger partial charge in [-0.1, -0.05) is 12.1 Å². The number of hydrogen-bond acceptors (Lipinski definition) is 4. The summed E-state index contributed by atoms with van der Waals surface area (Å²) >= 11 is 1.73. The van der Waals surface area contributed by atoms with Crippen LogP contribution in [0.15, 0.2) is 29.2 Å². The summed E-state index contributed by atoms with van der Waals surface area (Å²) in [5.74, 6) is 0.183. The van der Waals surface area contributed by atoms with Crippen LogP contribution in [-0.2, 0) is 16.1 Å². The molecular formula is C18H26N2O2S. The molecule has 0 aliphatic carbocycles. The van der Waals surface area contributed by atoms with Crippen LogP contribution in [0.2, 0.25) is 0 Å². The number of hydrogen-bond donors (Lipinski definition) is 1. The second kappa shape index (κ2) is 8.18. The lowest BCUT2D eigenvalue weighted by Gasteiger charge is -2.34. The molecule has 0 spiro atoms. The van der Waals surface area contributed by atoms with Crippen LogP contribution in [0.5, 0.6) is 0 Å². The normalized spacial score (nSPS) is 23.1. The molecule has 2 aliphatic rings. The van der Waals surface area contributed by atoms with E-state index in [0.29, 0.717) is 12.6 Å². The summed E-state index contributed by atoms with van der Waals surface area (Å²) in [7, 11) is 0. The first-order valence-electron chi connectivity index (χ1n) is 8.52. The van der Waals surface area contributed by atoms with Crippen molar-refractivity contribution < 1.29 is 9.53 Å². The zero-order valence-corrected chi connectivity index (χ0v) is 14.6. The van der Waals surface area contributed by atoms with Crippen LogP contribution in [0, 0.1) is 0 Å². The van der Waals surface area contributed by atoms with Crippen molar-refractivity contribution in [3.8, 4) is 0 Å². The van der Waals surface area contributed by atoms with E-state index in [0.717, 1.165) is 51.0 Å². The lowest BCUT2D eigenvalue weighted by Crippen LogP contribution is -2.49. The van der Waals surface area contributed by atoms with E-state index in [-0.39, 0.29) is 11.9 Å². The van der Waals surface area contributed by atoms with Crippen LogP contribution in [0.25, 0.3) is 0 Å². The molecule has 126 valence electrons. The van der Waals surface area contributed by atoms with Crippen molar-refractivity contribution in [1.29, 1.82) is 0 Å². The van der Waals surface area contributed by atoms with E-state index in [4.69, 9.17) is 4.74 Å². The van der Waals surface area contributed by atoms with Gasteiger partial charge in [0.05, 0.1) is 6.04 Å². The minimum atomic E-state index is 0.0450. The maximum absolute atomic E-state index is 12.6. The van der Waals surface area contributed by atoms with Crippen LogP contribution in [-0.4, -0.2) is 48.9 Å². The number of thioether (sulfide) groups is 1. The zero-order chi connectivity index (χ0) is 16.1. The smallest absolute Gasteiger partial charge is 0.237 e. The average molecular weight is 334 g/mol. The molecule has 2 aliphatic heterocycles. The molecule has 4 nitrogen and oxygen atoms in total. The standard InChI is InChI=1S/C18H26N2O2S/c1-23-16-6-4-14(5-7-16)13-19-18(21)17-3-2-10-20(17)15-8-11-22-12-9-15/h4-7,15,17H,2-3,8-13H2,1H3,(H,19,21)/t17-/m0/s1. The van der Waals surface area contributed by atoms with Gasteiger partial charge in [-0.15, -0.1) is 11.8 Å². The van der Waals surface area contributed by atoms with Crippen molar-refractivity contribution in [3.05, 3.63) is 29.8 Å². The summed E-state index contributed by atoms with van der Waals surface area (Å²) in [6.07, 6.45) is 6.29. The highest BCUT2D eigenvalue weighted by atomic mass is 32.2. The number of rotatable bonds is 5. The molecule has 0 aromatic heterocycles. The van der Waals surface area contributed by atoms with E-state index in [1.165, 1.54) is 4.90 Å². The molecule has 2 fully saturated rings. The summed E-state index contributed by atoms with van der Waals surface area (Å²) in [4.78, 5) is 16.3. The van der Waals surface area contributed by atoms with Crippen molar-refractivity contribution in [3.63, 3.8) is 0 Å². The second-order valence-corrected chi connectivity index (χ2v) is 7.18. The fourth-order valence-electron chi connectivity index (χ4n) is 3.57. The van der Waals surface area contributed by atoms with E-state index in [2.05, 4.69) is 40.7 Å². The third-order valence-electron chi connectivity index (χ3n) is 4.88. The molecule has 0 radical (unpaired) electrons. The van der Waals surface area contributed by atoms with Crippen molar-refractivity contribution >= 4 is 17.7 Å². The number of benzene rings is 1. The van der Waals surface area contributed by atoms with E-state index in [1.807, 2.05) is 0 Å². The third-order valence-corrected chi connectivity index (χ3v) is 5.63. The van der Waals surface area contributed by atoms with Crippen LogP contribution >= 0.6 is 11.8 Å². The largest absolute Gasteiger partial charge is 0.381 e. The predicted molar refractivity (Wildman–Crippen MR) is 93.6 cm³/mol. The number of carbonyl (C=O) groups is 1. The Bertz CT molecular complexity index is 514. The molecule has 1 atom stereocenters. The monoisotopic (exact) mass is 334 g/mol. The molecule has 5 heteroatoms. The van der Waals surface area contributed by atoms with Crippen molar-refractivity contribution in [2.45, 2.75) is 49.2 Å². The van der Waals surface area contributed by atoms with Crippen molar-refractivity contribution in [2.75, 3.05) is 26.0 Å². The number of ether oxygens (including phenoxy) is 1. The Kier molecular flexibility index (Phi) is 5.97. The van der Waals surface area contributed by atoms with Crippen LogP contribution in [0.4, 0.5) is 0 Å². The fourth-order valence-corrected chi connectivity index (χ4v) is 3.98. The predicted octanol–water partition coefficient (Wildman–Crippen LogP) is 2.67. The first-order valence-corrected chi connectivity index (χ1v) is 9.74. The molecule has 2 heterocycles. The summed E-state index contributed by atoms with van der Waals surface area (Å²) < 4.78 is 5.45. The van der Waals surface area contributed by atoms with E-state index in [1.54, 1.807) is 11.8 Å². The van der Waals surface area contributed by atoms with Gasteiger partial charge in [-0.05, 0) is 56.2 Å². The molecule has 1 aromatic carbocycles. The topological polar surface area (TPSA) is 41.6 Å². The molecule has 0 bridgehead atoms. The Labute approximate surface area is 143 Å². The number of carbonyl (C=O) groups excluding carboxylic acids is 1. The van der Waals surface area contributed by atoms with Crippen LogP contribution in [0.3, 0.4) is 0 Å². The molecule has 1 amide bonds. The first kappa shape index (κ1) is 16.8. The molecule has 23 heavy (non-hydrogen) atoms. The first-order chi connectivity index (χ1) is 11.3. The van der Waals surface area contributed by atoms with Crippen LogP contribution < -0.4 is 5.32 Å². The molecule has 1 aromatic rings. The number of nitrogens with zero attached hydrogens (tertiary/aromatic N) is 1. The molecule has 1 N–H and O–H groups in total. The maximum atomic E-state index is 12.6. The van der Waals surface area contributed by atoms with Gasteiger partial charge in [-0.2, -0.15) is 0 Å². The van der Waals surface area contributed by atoms with Gasteiger partial charge in [0.2, 0.25) is 5.91 Å². The second-order valence-electron chi connectivity index (χ2n) is 6.31. The molecular weight excluding hydrogens is 308 g/mol. The quantitative estimate of drug-likeness (QED) is 0.841. The van der Waals surface area contributed by atoms with E-state index in [9.17, 15) is 4.79 Å². The number of nitrogens with one attached hydrogen (secondary N) is 1. The fraction of sp³-hybridized carbons (Fsp3) is 0.611. The van der Waals surface area contributed by atoms with Gasteiger partial charge in [0, 0.05) is 30.7 Å². The molecule has 0 saturated carbocycles. The Balaban J connectivity index is 1.53. The van der Waals surface area contributed by atoms with E-state index >= 15 is 0 Å². The highest BCUT2D eigenvalue weighted by Crippen LogP contribution is 2.25. The highest BCUT2D eigenvalue weighted by Gasteiger charge is 2.35. The molecule has 3 rings (SSSR count). The number of likely N-dealkylation sites (tertiary alicyclic amines) is 1. The lowest BCUT2D eigenvalue weighted by atomic mass is 10.1. The SMILES string of the molecule is CSc1ccc(CNC(=O)[C@@H]2CCCN2C2CCOCC2)cc1. The summed E-state index contributed by atoms with van der Waals surface area (Å²) in [6.45, 7) is 3.32. The van der Waals surface area contributed by atoms with Crippen LogP contribution in [0.1, 0.15) is 31.2 Å². The van der Waals surface area contributed by atoms with Gasteiger partial charge in [0.1, 0.15) is 0 Å². The lowest BCUT2D eigenvalue weighted by molar-refractivity contribution is -0.127. The maximum Gasteiger partial charge on any atom is 0.237 e. The Morgan fingerprint density at radius 3 is 2.70 bits per heavy atom. The summed E-state index contributed by atoms with van der Waals surface area (Å²) in [5.41, 5.74) is 1.16. The van der Waals surface area contributed by atoms with E-state index < -0.39 is 0 Å². The highest BCUT2D eigenvalue weighted by molar-refractivity contribution is 7.98. The molecule has 0 unspecified atom stereocenters. The van der Waals surface area contributed by atoms with Gasteiger partial charge < -0.3 is 10.1 Å². The zero-order valence-electron chi connectivity index (χ0n) is 13.8. The Morgan fingerprint density at radius 1 is 1.26 bits per heavy atom. The Hall–Kier alpha value is -1.04. The minimum Gasteiger partial charge on any atom is -0.381 e. The molecule has 2 saturated heterocycles. The summed E-state index contributed by atoms with van der Waals surface area (Å²) in [6, 6.07) is 8.96. The number of amides is 1. The Morgan fingerprint density at radius 2 is 2.00 bits per heavy atom.